The molecule has 4 heteroatoms. The molecule has 1 aromatic heterocycles. The molecule has 0 aromatic carbocycles. The summed E-state index contributed by atoms with van der Waals surface area (Å²) in [5, 5.41) is 0. The molecule has 0 spiro atoms. The number of nitrogens with zero attached hydrogens (tertiary/aromatic N) is 1. The fourth-order valence-corrected chi connectivity index (χ4v) is 1.24. The third-order valence-corrected chi connectivity index (χ3v) is 1.95. The van der Waals surface area contributed by atoms with Crippen molar-refractivity contribution >= 4 is 15.9 Å². The first kappa shape index (κ1) is 7.18. The van der Waals surface area contributed by atoms with Crippen LogP contribution in [-0.4, -0.2) is 11.6 Å². The number of halogens is 2. The molecule has 1 fully saturated rings. The van der Waals surface area contributed by atoms with Crippen molar-refractivity contribution < 1.29 is 9.13 Å². The molecular weight excluding hydrogens is 213 g/mol. The lowest BCUT2D eigenvalue weighted by atomic mass is 10.2. The minimum Gasteiger partial charge on any atom is -0.368 e. The number of rotatable bonds is 1. The molecule has 0 saturated carbocycles. The van der Waals surface area contributed by atoms with Crippen molar-refractivity contribution in [3.8, 4) is 0 Å². The van der Waals surface area contributed by atoms with Gasteiger partial charge in [0.25, 0.3) is 0 Å². The normalized spacial score (nSPS) is 21.8. The van der Waals surface area contributed by atoms with Crippen LogP contribution in [0.1, 0.15) is 11.7 Å². The smallest absolute Gasteiger partial charge is 0.218 e. The highest BCUT2D eigenvalue weighted by Gasteiger charge is 2.28. The van der Waals surface area contributed by atoms with Crippen molar-refractivity contribution in [1.29, 1.82) is 0 Å². The summed E-state index contributed by atoms with van der Waals surface area (Å²) in [6.45, 7) is 0.606. The van der Waals surface area contributed by atoms with Gasteiger partial charge in [0.05, 0.1) is 6.61 Å². The zero-order valence-electron chi connectivity index (χ0n) is 5.55. The van der Waals surface area contributed by atoms with Crippen molar-refractivity contribution in [1.82, 2.24) is 4.98 Å². The predicted octanol–water partition coefficient (Wildman–Crippen LogP) is 2.05. The van der Waals surface area contributed by atoms with Gasteiger partial charge in [-0.3, -0.25) is 0 Å². The molecule has 2 nitrogen and oxygen atoms in total. The van der Waals surface area contributed by atoms with E-state index in [4.69, 9.17) is 4.74 Å². The van der Waals surface area contributed by atoms with Crippen molar-refractivity contribution in [3.63, 3.8) is 0 Å². The van der Waals surface area contributed by atoms with Crippen molar-refractivity contribution in [2.75, 3.05) is 6.61 Å². The topological polar surface area (TPSA) is 25.4 Å². The molecule has 0 aliphatic carbocycles. The maximum Gasteiger partial charge on any atom is 0.218 e. The molecule has 2 rings (SSSR count). The van der Waals surface area contributed by atoms with Gasteiger partial charge in [0, 0.05) is 16.2 Å². The number of aromatic nitrogens is 1. The SMILES string of the molecule is Fc1ncc(Br)cc1[C@@H]1CO1. The molecule has 1 saturated heterocycles. The summed E-state index contributed by atoms with van der Waals surface area (Å²) >= 11 is 3.21. The first-order chi connectivity index (χ1) is 5.27. The summed E-state index contributed by atoms with van der Waals surface area (Å²) in [6, 6.07) is 1.69. The molecule has 1 aliphatic heterocycles. The van der Waals surface area contributed by atoms with E-state index in [0.29, 0.717) is 12.2 Å². The van der Waals surface area contributed by atoms with Gasteiger partial charge >= 0.3 is 0 Å². The first-order valence-electron chi connectivity index (χ1n) is 3.20. The Morgan fingerprint density at radius 2 is 2.45 bits per heavy atom. The Morgan fingerprint density at radius 1 is 1.73 bits per heavy atom. The molecule has 0 N–H and O–H groups in total. The van der Waals surface area contributed by atoms with Crippen molar-refractivity contribution in [2.45, 2.75) is 6.10 Å². The monoisotopic (exact) mass is 217 g/mol. The van der Waals surface area contributed by atoms with Gasteiger partial charge in [0.2, 0.25) is 5.95 Å². The minimum atomic E-state index is -0.435. The Kier molecular flexibility index (Phi) is 1.65. The summed E-state index contributed by atoms with van der Waals surface area (Å²) in [6.07, 6.45) is 1.36. The van der Waals surface area contributed by atoms with Crippen LogP contribution in [-0.2, 0) is 4.74 Å². The van der Waals surface area contributed by atoms with E-state index in [2.05, 4.69) is 20.9 Å². The Hall–Kier alpha value is -0.480. The van der Waals surface area contributed by atoms with Gasteiger partial charge in [0.1, 0.15) is 6.10 Å². The van der Waals surface area contributed by atoms with Gasteiger partial charge in [0.15, 0.2) is 0 Å². The number of ether oxygens (including phenoxy) is 1. The molecule has 0 unspecified atom stereocenters. The van der Waals surface area contributed by atoms with E-state index in [1.807, 2.05) is 0 Å². The molecule has 58 valence electrons. The van der Waals surface area contributed by atoms with E-state index in [-0.39, 0.29) is 6.10 Å². The van der Waals surface area contributed by atoms with Gasteiger partial charge in [-0.15, -0.1) is 0 Å². The molecule has 0 bridgehead atoms. The third kappa shape index (κ3) is 1.41. The van der Waals surface area contributed by atoms with Crippen LogP contribution in [0.15, 0.2) is 16.7 Å². The van der Waals surface area contributed by atoms with Crippen molar-refractivity contribution in [3.05, 3.63) is 28.2 Å². The van der Waals surface area contributed by atoms with Crippen LogP contribution in [0, 0.1) is 5.95 Å². The van der Waals surface area contributed by atoms with E-state index in [0.717, 1.165) is 4.47 Å². The number of epoxide rings is 1. The maximum atomic E-state index is 12.8. The second kappa shape index (κ2) is 2.53. The maximum absolute atomic E-state index is 12.8. The highest BCUT2D eigenvalue weighted by atomic mass is 79.9. The zero-order chi connectivity index (χ0) is 7.84. The first-order valence-corrected chi connectivity index (χ1v) is 3.99. The molecular formula is C7H5BrFNO. The predicted molar refractivity (Wildman–Crippen MR) is 40.6 cm³/mol. The summed E-state index contributed by atoms with van der Waals surface area (Å²) in [4.78, 5) is 3.55. The molecule has 1 aliphatic rings. The van der Waals surface area contributed by atoms with Crippen LogP contribution in [0.2, 0.25) is 0 Å². The lowest BCUT2D eigenvalue weighted by Crippen LogP contribution is -1.91. The average molecular weight is 218 g/mol. The Labute approximate surface area is 71.5 Å². The van der Waals surface area contributed by atoms with E-state index in [1.165, 1.54) is 6.20 Å². The standard InChI is InChI=1S/C7H5BrFNO/c8-4-1-5(6-3-11-6)7(9)10-2-4/h1-2,6H,3H2/t6-/m0/s1. The van der Waals surface area contributed by atoms with E-state index in [9.17, 15) is 4.39 Å². The summed E-state index contributed by atoms with van der Waals surface area (Å²) in [5.41, 5.74) is 0.541. The van der Waals surface area contributed by atoms with Crippen LogP contribution < -0.4 is 0 Å². The quantitative estimate of drug-likeness (QED) is 0.532. The molecule has 0 amide bonds. The highest BCUT2D eigenvalue weighted by molar-refractivity contribution is 9.10. The van der Waals surface area contributed by atoms with E-state index < -0.39 is 5.95 Å². The molecule has 11 heavy (non-hydrogen) atoms. The second-order valence-corrected chi connectivity index (χ2v) is 3.27. The van der Waals surface area contributed by atoms with Gasteiger partial charge < -0.3 is 4.74 Å². The highest BCUT2D eigenvalue weighted by Crippen LogP contribution is 2.32. The van der Waals surface area contributed by atoms with Crippen molar-refractivity contribution in [2.24, 2.45) is 0 Å². The fraction of sp³-hybridized carbons (Fsp3) is 0.286. The van der Waals surface area contributed by atoms with Gasteiger partial charge in [-0.05, 0) is 22.0 Å². The van der Waals surface area contributed by atoms with Crippen LogP contribution in [0.5, 0.6) is 0 Å². The van der Waals surface area contributed by atoms with Gasteiger partial charge in [-0.1, -0.05) is 0 Å². The number of hydrogen-bond donors (Lipinski definition) is 0. The molecule has 1 atom stereocenters. The summed E-state index contributed by atoms with van der Waals surface area (Å²) in [7, 11) is 0. The zero-order valence-corrected chi connectivity index (χ0v) is 7.14. The third-order valence-electron chi connectivity index (χ3n) is 1.51. The lowest BCUT2D eigenvalue weighted by Gasteiger charge is -1.96. The van der Waals surface area contributed by atoms with Crippen LogP contribution in [0.25, 0.3) is 0 Å². The number of pyridine rings is 1. The van der Waals surface area contributed by atoms with Crippen LogP contribution in [0.3, 0.4) is 0 Å². The summed E-state index contributed by atoms with van der Waals surface area (Å²) < 4.78 is 18.6. The van der Waals surface area contributed by atoms with Crippen LogP contribution >= 0.6 is 15.9 Å². The Morgan fingerprint density at radius 3 is 3.09 bits per heavy atom. The minimum absolute atomic E-state index is 0.0694. The Balaban J connectivity index is 2.42. The van der Waals surface area contributed by atoms with Crippen LogP contribution in [0.4, 0.5) is 4.39 Å². The largest absolute Gasteiger partial charge is 0.368 e. The molecule has 1 aromatic rings. The second-order valence-electron chi connectivity index (χ2n) is 2.36. The Bertz CT molecular complexity index is 288. The van der Waals surface area contributed by atoms with E-state index >= 15 is 0 Å². The number of hydrogen-bond acceptors (Lipinski definition) is 2. The lowest BCUT2D eigenvalue weighted by molar-refractivity contribution is 0.404. The van der Waals surface area contributed by atoms with Gasteiger partial charge in [-0.25, -0.2) is 4.98 Å². The molecule has 2 heterocycles. The fourth-order valence-electron chi connectivity index (χ4n) is 0.892. The molecule has 0 radical (unpaired) electrons. The summed E-state index contributed by atoms with van der Waals surface area (Å²) in [5.74, 6) is -0.435. The van der Waals surface area contributed by atoms with Gasteiger partial charge in [-0.2, -0.15) is 4.39 Å². The van der Waals surface area contributed by atoms with E-state index in [1.54, 1.807) is 6.07 Å². The average Bonchev–Trinajstić information content (AvgIpc) is 2.76.